The second kappa shape index (κ2) is 2.92. The smallest absolute Gasteiger partial charge is 0.217 e. The van der Waals surface area contributed by atoms with Gasteiger partial charge in [0.05, 0.1) is 0 Å². The van der Waals surface area contributed by atoms with Gasteiger partial charge in [0.15, 0.2) is 0 Å². The van der Waals surface area contributed by atoms with Gasteiger partial charge in [-0.1, -0.05) is 11.6 Å². The molecular formula is C10H15NO. The van der Waals surface area contributed by atoms with E-state index in [1.807, 2.05) is 0 Å². The molecule has 2 unspecified atom stereocenters. The molecule has 12 heavy (non-hydrogen) atoms. The van der Waals surface area contributed by atoms with E-state index in [9.17, 15) is 4.79 Å². The molecule has 2 aliphatic rings. The molecule has 0 aliphatic heterocycles. The number of fused-ring (bicyclic) bond motifs is 1. The Kier molecular flexibility index (Phi) is 1.91. The summed E-state index contributed by atoms with van der Waals surface area (Å²) in [6, 6.07) is 0.441. The van der Waals surface area contributed by atoms with Crippen molar-refractivity contribution in [1.29, 1.82) is 0 Å². The highest BCUT2D eigenvalue weighted by Gasteiger charge is 2.33. The summed E-state index contributed by atoms with van der Waals surface area (Å²) in [4.78, 5) is 10.9. The first-order valence-corrected chi connectivity index (χ1v) is 4.73. The molecule has 0 radical (unpaired) electrons. The van der Waals surface area contributed by atoms with Crippen LogP contribution in [0.3, 0.4) is 0 Å². The van der Waals surface area contributed by atoms with Gasteiger partial charge in [0.25, 0.3) is 0 Å². The van der Waals surface area contributed by atoms with Gasteiger partial charge < -0.3 is 5.32 Å². The topological polar surface area (TPSA) is 29.1 Å². The minimum Gasteiger partial charge on any atom is -0.353 e. The quantitative estimate of drug-likeness (QED) is 0.588. The molecule has 0 aromatic rings. The number of allylic oxidation sites excluding steroid dienone is 1. The van der Waals surface area contributed by atoms with Crippen LogP contribution in [0.1, 0.15) is 32.6 Å². The third-order valence-corrected chi connectivity index (χ3v) is 2.98. The Labute approximate surface area is 73.0 Å². The molecule has 0 aromatic carbocycles. The van der Waals surface area contributed by atoms with Gasteiger partial charge in [0.2, 0.25) is 5.91 Å². The highest BCUT2D eigenvalue weighted by Crippen LogP contribution is 2.39. The fourth-order valence-corrected chi connectivity index (χ4v) is 2.49. The summed E-state index contributed by atoms with van der Waals surface area (Å²) in [5.74, 6) is 0.794. The van der Waals surface area contributed by atoms with E-state index in [2.05, 4.69) is 11.4 Å². The highest BCUT2D eigenvalue weighted by atomic mass is 16.1. The van der Waals surface area contributed by atoms with E-state index in [1.165, 1.54) is 19.3 Å². The minimum atomic E-state index is 0.119. The van der Waals surface area contributed by atoms with Crippen LogP contribution in [0.4, 0.5) is 0 Å². The number of hydrogen-bond acceptors (Lipinski definition) is 1. The lowest BCUT2D eigenvalue weighted by atomic mass is 10.0. The lowest BCUT2D eigenvalue weighted by Gasteiger charge is -2.17. The van der Waals surface area contributed by atoms with Crippen molar-refractivity contribution < 1.29 is 4.79 Å². The summed E-state index contributed by atoms with van der Waals surface area (Å²) in [6.07, 6.45) is 7.18. The lowest BCUT2D eigenvalue weighted by molar-refractivity contribution is -0.119. The van der Waals surface area contributed by atoms with Crippen molar-refractivity contribution in [3.05, 3.63) is 11.6 Å². The summed E-state index contributed by atoms with van der Waals surface area (Å²) in [6.45, 7) is 1.61. The fraction of sp³-hybridized carbons (Fsp3) is 0.700. The maximum atomic E-state index is 10.9. The van der Waals surface area contributed by atoms with Crippen LogP contribution in [0.25, 0.3) is 0 Å². The molecule has 2 nitrogen and oxygen atoms in total. The predicted molar refractivity (Wildman–Crippen MR) is 47.6 cm³/mol. The van der Waals surface area contributed by atoms with Gasteiger partial charge in [-0.3, -0.25) is 4.79 Å². The van der Waals surface area contributed by atoms with Crippen LogP contribution in [0.2, 0.25) is 0 Å². The molecule has 2 aliphatic carbocycles. The molecule has 0 saturated heterocycles. The molecule has 66 valence electrons. The average molecular weight is 165 g/mol. The van der Waals surface area contributed by atoms with Gasteiger partial charge in [-0.05, 0) is 25.7 Å². The van der Waals surface area contributed by atoms with Crippen molar-refractivity contribution in [2.24, 2.45) is 5.92 Å². The SMILES string of the molecule is CC(=O)NC1CCC2=CCCC21. The Balaban J connectivity index is 2.01. The van der Waals surface area contributed by atoms with Crippen molar-refractivity contribution in [2.75, 3.05) is 0 Å². The first kappa shape index (κ1) is 7.84. The second-order valence-electron chi connectivity index (χ2n) is 3.81. The molecule has 2 atom stereocenters. The zero-order chi connectivity index (χ0) is 8.55. The molecule has 1 N–H and O–H groups in total. The zero-order valence-electron chi connectivity index (χ0n) is 7.47. The summed E-state index contributed by atoms with van der Waals surface area (Å²) < 4.78 is 0. The third-order valence-electron chi connectivity index (χ3n) is 2.98. The molecule has 0 heterocycles. The molecule has 2 heteroatoms. The van der Waals surface area contributed by atoms with Crippen molar-refractivity contribution in [1.82, 2.24) is 5.32 Å². The van der Waals surface area contributed by atoms with Crippen LogP contribution in [0.15, 0.2) is 11.6 Å². The van der Waals surface area contributed by atoms with E-state index < -0.39 is 0 Å². The van der Waals surface area contributed by atoms with E-state index in [0.717, 1.165) is 6.42 Å². The first-order chi connectivity index (χ1) is 5.77. The van der Waals surface area contributed by atoms with E-state index in [0.29, 0.717) is 12.0 Å². The number of amides is 1. The predicted octanol–water partition coefficient (Wildman–Crippen LogP) is 1.62. The van der Waals surface area contributed by atoms with Gasteiger partial charge >= 0.3 is 0 Å². The maximum absolute atomic E-state index is 10.9. The van der Waals surface area contributed by atoms with E-state index in [-0.39, 0.29) is 5.91 Å². The molecule has 2 rings (SSSR count). The minimum absolute atomic E-state index is 0.119. The number of rotatable bonds is 1. The number of carbonyl (C=O) groups is 1. The second-order valence-corrected chi connectivity index (χ2v) is 3.81. The highest BCUT2D eigenvalue weighted by molar-refractivity contribution is 5.73. The van der Waals surface area contributed by atoms with Crippen molar-refractivity contribution in [2.45, 2.75) is 38.6 Å². The van der Waals surface area contributed by atoms with E-state index >= 15 is 0 Å². The van der Waals surface area contributed by atoms with Crippen LogP contribution in [0, 0.1) is 5.92 Å². The van der Waals surface area contributed by atoms with Gasteiger partial charge in [0, 0.05) is 18.9 Å². The van der Waals surface area contributed by atoms with Crippen molar-refractivity contribution in [3.8, 4) is 0 Å². The standard InChI is InChI=1S/C10H15NO/c1-7(12)11-10-6-5-8-3-2-4-9(8)10/h3,9-10H,2,4-6H2,1H3,(H,11,12). The molecule has 0 spiro atoms. The average Bonchev–Trinajstić information content (AvgIpc) is 2.52. The Morgan fingerprint density at radius 3 is 3.17 bits per heavy atom. The summed E-state index contributed by atoms with van der Waals surface area (Å²) in [7, 11) is 0. The normalized spacial score (nSPS) is 32.9. The molecule has 1 fully saturated rings. The van der Waals surface area contributed by atoms with Crippen molar-refractivity contribution in [3.63, 3.8) is 0 Å². The summed E-state index contributed by atoms with van der Waals surface area (Å²) in [5.41, 5.74) is 1.59. The Hall–Kier alpha value is -0.790. The van der Waals surface area contributed by atoms with Crippen LogP contribution in [-0.4, -0.2) is 11.9 Å². The monoisotopic (exact) mass is 165 g/mol. The fourth-order valence-electron chi connectivity index (χ4n) is 2.49. The third kappa shape index (κ3) is 1.26. The molecule has 0 bridgehead atoms. The first-order valence-electron chi connectivity index (χ1n) is 4.73. The summed E-state index contributed by atoms with van der Waals surface area (Å²) in [5, 5.41) is 3.03. The van der Waals surface area contributed by atoms with Crippen LogP contribution < -0.4 is 5.32 Å². The van der Waals surface area contributed by atoms with Crippen LogP contribution >= 0.6 is 0 Å². The number of nitrogens with one attached hydrogen (secondary N) is 1. The van der Waals surface area contributed by atoms with Crippen molar-refractivity contribution >= 4 is 5.91 Å². The van der Waals surface area contributed by atoms with Gasteiger partial charge in [-0.25, -0.2) is 0 Å². The number of hydrogen-bond donors (Lipinski definition) is 1. The largest absolute Gasteiger partial charge is 0.353 e. The van der Waals surface area contributed by atoms with Gasteiger partial charge in [-0.15, -0.1) is 0 Å². The molecular weight excluding hydrogens is 150 g/mol. The Morgan fingerprint density at radius 1 is 1.58 bits per heavy atom. The van der Waals surface area contributed by atoms with Gasteiger partial charge in [0.1, 0.15) is 0 Å². The zero-order valence-corrected chi connectivity index (χ0v) is 7.47. The van der Waals surface area contributed by atoms with E-state index in [4.69, 9.17) is 0 Å². The Bertz CT molecular complexity index is 232. The molecule has 1 saturated carbocycles. The van der Waals surface area contributed by atoms with E-state index in [1.54, 1.807) is 12.5 Å². The molecule has 0 aromatic heterocycles. The summed E-state index contributed by atoms with van der Waals surface area (Å²) >= 11 is 0. The molecule has 1 amide bonds. The maximum Gasteiger partial charge on any atom is 0.217 e. The Morgan fingerprint density at radius 2 is 2.42 bits per heavy atom. The van der Waals surface area contributed by atoms with Crippen LogP contribution in [0.5, 0.6) is 0 Å². The van der Waals surface area contributed by atoms with Gasteiger partial charge in [-0.2, -0.15) is 0 Å². The lowest BCUT2D eigenvalue weighted by Crippen LogP contribution is -2.35. The van der Waals surface area contributed by atoms with Crippen LogP contribution in [-0.2, 0) is 4.79 Å². The number of carbonyl (C=O) groups excluding carboxylic acids is 1.